The van der Waals surface area contributed by atoms with Gasteiger partial charge < -0.3 is 15.1 Å². The van der Waals surface area contributed by atoms with E-state index in [1.165, 1.54) is 0 Å². The maximum Gasteiger partial charge on any atom is 0.221 e. The van der Waals surface area contributed by atoms with E-state index >= 15 is 0 Å². The van der Waals surface area contributed by atoms with Gasteiger partial charge in [0.05, 0.1) is 6.42 Å². The molecular formula is C13H14N4O. The molecule has 2 N–H and O–H groups in total. The zero-order valence-corrected chi connectivity index (χ0v) is 9.97. The van der Waals surface area contributed by atoms with Crippen molar-refractivity contribution in [3.05, 3.63) is 41.5 Å². The molecule has 2 heterocycles. The van der Waals surface area contributed by atoms with Crippen LogP contribution in [0.1, 0.15) is 12.0 Å². The first-order valence-electron chi connectivity index (χ1n) is 5.76. The molecule has 0 spiro atoms. The largest absolute Gasteiger partial charge is 0.369 e. The van der Waals surface area contributed by atoms with Crippen LogP contribution >= 0.6 is 0 Å². The molecular weight excluding hydrogens is 228 g/mol. The number of hydrogen-bond donors (Lipinski definition) is 1. The Morgan fingerprint density at radius 3 is 3.11 bits per heavy atom. The van der Waals surface area contributed by atoms with Crippen molar-refractivity contribution in [3.63, 3.8) is 0 Å². The Hall–Kier alpha value is -2.35. The molecule has 0 aliphatic rings. The molecule has 5 nitrogen and oxygen atoms in total. The van der Waals surface area contributed by atoms with Gasteiger partial charge in [-0.2, -0.15) is 0 Å². The predicted molar refractivity (Wildman–Crippen MR) is 68.7 cm³/mol. The lowest BCUT2D eigenvalue weighted by Crippen LogP contribution is -2.13. The van der Waals surface area contributed by atoms with Gasteiger partial charge in [0, 0.05) is 30.7 Å². The first kappa shape index (κ1) is 12.1. The summed E-state index contributed by atoms with van der Waals surface area (Å²) < 4.78 is 1.98. The molecule has 0 aliphatic heterocycles. The standard InChI is InChI=1S/C13H14N4O/c1-15-5-3-7-17-9-10(8-12(14)18)11-4-2-6-16-13(11)17/h2,4,6,9H,3,5,7-8H2,(H2,14,18). The van der Waals surface area contributed by atoms with Crippen molar-refractivity contribution in [2.75, 3.05) is 6.54 Å². The van der Waals surface area contributed by atoms with E-state index in [1.54, 1.807) is 6.20 Å². The number of primary amides is 1. The van der Waals surface area contributed by atoms with Crippen molar-refractivity contribution in [1.29, 1.82) is 0 Å². The van der Waals surface area contributed by atoms with E-state index in [4.69, 9.17) is 12.3 Å². The van der Waals surface area contributed by atoms with Gasteiger partial charge in [0.15, 0.2) is 0 Å². The Labute approximate surface area is 105 Å². The summed E-state index contributed by atoms with van der Waals surface area (Å²) in [6.45, 7) is 8.00. The van der Waals surface area contributed by atoms with Crippen LogP contribution in [0.15, 0.2) is 24.5 Å². The highest BCUT2D eigenvalue weighted by Gasteiger charge is 2.11. The molecule has 0 aromatic carbocycles. The SMILES string of the molecule is [C-]#[N+]CCCn1cc(CC(N)=O)c2cccnc21. The molecule has 0 unspecified atom stereocenters. The summed E-state index contributed by atoms with van der Waals surface area (Å²) >= 11 is 0. The molecule has 0 aliphatic carbocycles. The smallest absolute Gasteiger partial charge is 0.221 e. The molecule has 1 amide bonds. The number of pyridine rings is 1. The van der Waals surface area contributed by atoms with Crippen molar-refractivity contribution < 1.29 is 4.79 Å². The molecule has 18 heavy (non-hydrogen) atoms. The molecule has 92 valence electrons. The van der Waals surface area contributed by atoms with E-state index in [1.807, 2.05) is 22.9 Å². The van der Waals surface area contributed by atoms with E-state index in [9.17, 15) is 4.79 Å². The third kappa shape index (κ3) is 2.48. The summed E-state index contributed by atoms with van der Waals surface area (Å²) in [5.41, 5.74) is 6.98. The van der Waals surface area contributed by atoms with Crippen molar-refractivity contribution in [2.45, 2.75) is 19.4 Å². The Balaban J connectivity index is 2.35. The average molecular weight is 242 g/mol. The molecule has 0 saturated heterocycles. The minimum Gasteiger partial charge on any atom is -0.369 e. The molecule has 0 saturated carbocycles. The number of amides is 1. The summed E-state index contributed by atoms with van der Waals surface area (Å²) in [5.74, 6) is -0.348. The van der Waals surface area contributed by atoms with E-state index in [2.05, 4.69) is 9.83 Å². The number of aryl methyl sites for hydroxylation is 1. The van der Waals surface area contributed by atoms with E-state index in [-0.39, 0.29) is 12.3 Å². The van der Waals surface area contributed by atoms with Crippen molar-refractivity contribution in [2.24, 2.45) is 5.73 Å². The van der Waals surface area contributed by atoms with Crippen molar-refractivity contribution in [3.8, 4) is 0 Å². The number of rotatable bonds is 5. The fourth-order valence-corrected chi connectivity index (χ4v) is 2.01. The topological polar surface area (TPSA) is 65.3 Å². The zero-order valence-electron chi connectivity index (χ0n) is 9.97. The summed E-state index contributed by atoms with van der Waals surface area (Å²) in [4.78, 5) is 18.7. The second kappa shape index (κ2) is 5.32. The van der Waals surface area contributed by atoms with Crippen molar-refractivity contribution in [1.82, 2.24) is 9.55 Å². The highest BCUT2D eigenvalue weighted by Crippen LogP contribution is 2.20. The molecule has 2 aromatic rings. The number of carbonyl (C=O) groups excluding carboxylic acids is 1. The van der Waals surface area contributed by atoms with Crippen LogP contribution in [-0.2, 0) is 17.8 Å². The molecule has 2 aromatic heterocycles. The first-order chi connectivity index (χ1) is 8.72. The number of fused-ring (bicyclic) bond motifs is 1. The highest BCUT2D eigenvalue weighted by molar-refractivity contribution is 5.86. The van der Waals surface area contributed by atoms with Gasteiger partial charge >= 0.3 is 0 Å². The fraction of sp³-hybridized carbons (Fsp3) is 0.308. The fourth-order valence-electron chi connectivity index (χ4n) is 2.01. The number of nitrogens with zero attached hydrogens (tertiary/aromatic N) is 3. The van der Waals surface area contributed by atoms with Gasteiger partial charge in [-0.1, -0.05) is 0 Å². The van der Waals surface area contributed by atoms with Crippen LogP contribution < -0.4 is 5.73 Å². The molecule has 5 heteroatoms. The third-order valence-corrected chi connectivity index (χ3v) is 2.75. The first-order valence-corrected chi connectivity index (χ1v) is 5.76. The maximum atomic E-state index is 11.0. The van der Waals surface area contributed by atoms with Crippen LogP contribution in [0.2, 0.25) is 0 Å². The van der Waals surface area contributed by atoms with Crippen LogP contribution in [-0.4, -0.2) is 22.0 Å². The Kier molecular flexibility index (Phi) is 3.58. The number of carbonyl (C=O) groups is 1. The van der Waals surface area contributed by atoms with Gasteiger partial charge in [-0.05, 0) is 17.7 Å². The summed E-state index contributed by atoms with van der Waals surface area (Å²) in [5, 5.41) is 0.958. The second-order valence-corrected chi connectivity index (χ2v) is 4.10. The molecule has 0 fully saturated rings. The summed E-state index contributed by atoms with van der Waals surface area (Å²) in [6, 6.07) is 3.78. The van der Waals surface area contributed by atoms with E-state index in [0.29, 0.717) is 6.54 Å². The van der Waals surface area contributed by atoms with Gasteiger partial charge in [-0.15, -0.1) is 0 Å². The maximum absolute atomic E-state index is 11.0. The Morgan fingerprint density at radius 1 is 1.56 bits per heavy atom. The molecule has 0 atom stereocenters. The molecule has 2 rings (SSSR count). The Bertz CT molecular complexity index is 609. The number of aromatic nitrogens is 2. The van der Waals surface area contributed by atoms with Crippen LogP contribution in [0.5, 0.6) is 0 Å². The average Bonchev–Trinajstić information content (AvgIpc) is 2.68. The highest BCUT2D eigenvalue weighted by atomic mass is 16.1. The minimum atomic E-state index is -0.348. The minimum absolute atomic E-state index is 0.220. The van der Waals surface area contributed by atoms with Gasteiger partial charge in [0.1, 0.15) is 5.65 Å². The van der Waals surface area contributed by atoms with Gasteiger partial charge in [0.2, 0.25) is 12.5 Å². The van der Waals surface area contributed by atoms with Gasteiger partial charge in [0.25, 0.3) is 0 Å². The molecule has 0 bridgehead atoms. The predicted octanol–water partition coefficient (Wildman–Crippen LogP) is 1.37. The van der Waals surface area contributed by atoms with Gasteiger partial charge in [-0.25, -0.2) is 11.6 Å². The van der Waals surface area contributed by atoms with Crippen LogP contribution in [0, 0.1) is 6.57 Å². The van der Waals surface area contributed by atoms with E-state index < -0.39 is 0 Å². The lowest BCUT2D eigenvalue weighted by molar-refractivity contribution is -0.117. The monoisotopic (exact) mass is 242 g/mol. The summed E-state index contributed by atoms with van der Waals surface area (Å²) in [6.07, 6.45) is 4.63. The van der Waals surface area contributed by atoms with Crippen molar-refractivity contribution >= 4 is 16.9 Å². The quantitative estimate of drug-likeness (QED) is 0.635. The normalized spacial score (nSPS) is 10.4. The van der Waals surface area contributed by atoms with Crippen LogP contribution in [0.4, 0.5) is 0 Å². The number of nitrogens with two attached hydrogens (primary N) is 1. The summed E-state index contributed by atoms with van der Waals surface area (Å²) in [7, 11) is 0. The lowest BCUT2D eigenvalue weighted by atomic mass is 10.1. The van der Waals surface area contributed by atoms with Gasteiger partial charge in [-0.3, -0.25) is 4.79 Å². The van der Waals surface area contributed by atoms with Crippen LogP contribution in [0.25, 0.3) is 15.9 Å². The molecule has 0 radical (unpaired) electrons. The van der Waals surface area contributed by atoms with E-state index in [0.717, 1.165) is 29.6 Å². The second-order valence-electron chi connectivity index (χ2n) is 4.10. The van der Waals surface area contributed by atoms with Crippen LogP contribution in [0.3, 0.4) is 0 Å². The zero-order chi connectivity index (χ0) is 13.0. The number of hydrogen-bond acceptors (Lipinski definition) is 2. The lowest BCUT2D eigenvalue weighted by Gasteiger charge is -2.00. The Morgan fingerprint density at radius 2 is 2.39 bits per heavy atom. The third-order valence-electron chi connectivity index (χ3n) is 2.75.